The Morgan fingerprint density at radius 2 is 1.93 bits per heavy atom. The number of nitrogens with zero attached hydrogens (tertiary/aromatic N) is 2. The summed E-state index contributed by atoms with van der Waals surface area (Å²) in [6.07, 6.45) is 7.05. The highest BCUT2D eigenvalue weighted by atomic mass is 16.5. The average molecular weight is 385 g/mol. The Hall–Kier alpha value is -2.44. The molecule has 3 rings (SSSR count). The van der Waals surface area contributed by atoms with Crippen LogP contribution >= 0.6 is 0 Å². The van der Waals surface area contributed by atoms with Crippen LogP contribution in [0.3, 0.4) is 0 Å². The number of nitrogens with one attached hydrogen (secondary N) is 1. The molecule has 0 radical (unpaired) electrons. The molecule has 3 N–H and O–H groups in total. The summed E-state index contributed by atoms with van der Waals surface area (Å²) in [6.45, 7) is 4.47. The van der Waals surface area contributed by atoms with Gasteiger partial charge >= 0.3 is 0 Å². The molecule has 28 heavy (non-hydrogen) atoms. The molecule has 1 fully saturated rings. The van der Waals surface area contributed by atoms with Gasteiger partial charge in [-0.3, -0.25) is 9.98 Å². The molecule has 150 valence electrons. The van der Waals surface area contributed by atoms with E-state index in [1.54, 1.807) is 31.3 Å². The third-order valence-corrected chi connectivity index (χ3v) is 5.54. The molecule has 1 aliphatic heterocycles. The molecule has 2 aromatic rings. The molecule has 0 aliphatic carbocycles. The predicted molar refractivity (Wildman–Crippen MR) is 109 cm³/mol. The van der Waals surface area contributed by atoms with Crippen molar-refractivity contribution >= 4 is 6.21 Å². The van der Waals surface area contributed by atoms with Gasteiger partial charge in [0.15, 0.2) is 0 Å². The van der Waals surface area contributed by atoms with Crippen LogP contribution in [-0.2, 0) is 6.61 Å². The minimum atomic E-state index is -0.179. The van der Waals surface area contributed by atoms with Gasteiger partial charge < -0.3 is 19.8 Å². The van der Waals surface area contributed by atoms with E-state index in [-0.39, 0.29) is 18.4 Å². The maximum Gasteiger partial charge on any atom is 0.145 e. The van der Waals surface area contributed by atoms with E-state index in [2.05, 4.69) is 22.1 Å². The molecule has 1 saturated heterocycles. The van der Waals surface area contributed by atoms with Crippen molar-refractivity contribution in [2.75, 3.05) is 26.7 Å². The first kappa shape index (κ1) is 20.3. The number of quaternary nitrogens is 1. The van der Waals surface area contributed by atoms with Gasteiger partial charge in [0.2, 0.25) is 0 Å². The molecule has 1 aliphatic rings. The third kappa shape index (κ3) is 4.69. The lowest BCUT2D eigenvalue weighted by molar-refractivity contribution is -0.934. The second-order valence-corrected chi connectivity index (χ2v) is 7.33. The molecular formula is C22H30N3O3+. The minimum Gasteiger partial charge on any atom is -0.505 e. The number of aliphatic hydroxyl groups excluding tert-OH is 1. The standard InChI is InChI=1S/C22H29N3O3/c1-16-22(27)20(18(15-26)12-24-16)13-23-14-21(25-10-4-3-5-11-25)17-6-8-19(28-2)9-7-17/h6-9,12-13,21,26-27H,3-5,10-11,14-15H2,1-2H3/p+1/t21-/m0/s1. The Balaban J connectivity index is 1.83. The number of ether oxygens (including phenoxy) is 1. The highest BCUT2D eigenvalue weighted by Crippen LogP contribution is 2.22. The largest absolute Gasteiger partial charge is 0.505 e. The van der Waals surface area contributed by atoms with Crippen LogP contribution in [0.25, 0.3) is 0 Å². The molecular weight excluding hydrogens is 354 g/mol. The number of methoxy groups -OCH3 is 1. The Morgan fingerprint density at radius 1 is 1.21 bits per heavy atom. The minimum absolute atomic E-state index is 0.0848. The zero-order chi connectivity index (χ0) is 19.9. The Labute approximate surface area is 166 Å². The van der Waals surface area contributed by atoms with Gasteiger partial charge in [0, 0.05) is 29.1 Å². The fourth-order valence-corrected chi connectivity index (χ4v) is 3.83. The maximum absolute atomic E-state index is 10.3. The zero-order valence-corrected chi connectivity index (χ0v) is 16.7. The Kier molecular flexibility index (Phi) is 7.01. The average Bonchev–Trinajstić information content (AvgIpc) is 2.75. The topological polar surface area (TPSA) is 79.4 Å². The molecule has 0 saturated carbocycles. The van der Waals surface area contributed by atoms with Crippen LogP contribution in [0, 0.1) is 6.92 Å². The summed E-state index contributed by atoms with van der Waals surface area (Å²) in [5, 5.41) is 19.9. The summed E-state index contributed by atoms with van der Waals surface area (Å²) < 4.78 is 5.29. The third-order valence-electron chi connectivity index (χ3n) is 5.54. The molecule has 0 bridgehead atoms. The number of aromatic nitrogens is 1. The van der Waals surface area contributed by atoms with E-state index in [9.17, 15) is 10.2 Å². The fraction of sp³-hybridized carbons (Fsp3) is 0.455. The zero-order valence-electron chi connectivity index (χ0n) is 16.7. The molecule has 0 spiro atoms. The second-order valence-electron chi connectivity index (χ2n) is 7.33. The number of pyridine rings is 1. The Bertz CT molecular complexity index is 799. The van der Waals surface area contributed by atoms with E-state index < -0.39 is 0 Å². The van der Waals surface area contributed by atoms with Crippen LogP contribution in [0.5, 0.6) is 11.5 Å². The number of aryl methyl sites for hydroxylation is 1. The molecule has 1 aromatic carbocycles. The van der Waals surface area contributed by atoms with Crippen molar-refractivity contribution in [2.24, 2.45) is 4.99 Å². The van der Waals surface area contributed by atoms with Crippen molar-refractivity contribution < 1.29 is 19.8 Å². The number of hydrogen-bond acceptors (Lipinski definition) is 5. The molecule has 0 unspecified atom stereocenters. The first-order chi connectivity index (χ1) is 13.6. The fourth-order valence-electron chi connectivity index (χ4n) is 3.83. The molecule has 0 amide bonds. The summed E-state index contributed by atoms with van der Waals surface area (Å²) in [5.74, 6) is 0.936. The molecule has 2 heterocycles. The van der Waals surface area contributed by atoms with Crippen LogP contribution in [0.2, 0.25) is 0 Å². The van der Waals surface area contributed by atoms with Crippen LogP contribution in [0.4, 0.5) is 0 Å². The van der Waals surface area contributed by atoms with E-state index in [0.717, 1.165) is 18.8 Å². The van der Waals surface area contributed by atoms with Gasteiger partial charge in [0.05, 0.1) is 39.0 Å². The predicted octanol–water partition coefficient (Wildman–Crippen LogP) is 1.83. The quantitative estimate of drug-likeness (QED) is 0.637. The van der Waals surface area contributed by atoms with Gasteiger partial charge in [-0.1, -0.05) is 0 Å². The number of rotatable bonds is 7. The van der Waals surface area contributed by atoms with E-state index >= 15 is 0 Å². The van der Waals surface area contributed by atoms with Gasteiger partial charge in [0.1, 0.15) is 17.5 Å². The summed E-state index contributed by atoms with van der Waals surface area (Å²) in [5.41, 5.74) is 2.91. The monoisotopic (exact) mass is 384 g/mol. The summed E-state index contributed by atoms with van der Waals surface area (Å²) in [7, 11) is 1.68. The van der Waals surface area contributed by atoms with Gasteiger partial charge in [0.25, 0.3) is 0 Å². The lowest BCUT2D eigenvalue weighted by atomic mass is 10.0. The first-order valence-electron chi connectivity index (χ1n) is 9.90. The lowest BCUT2D eigenvalue weighted by Crippen LogP contribution is -3.13. The first-order valence-corrected chi connectivity index (χ1v) is 9.90. The number of likely N-dealkylation sites (tertiary alicyclic amines) is 1. The maximum atomic E-state index is 10.3. The molecule has 1 aromatic heterocycles. The highest BCUT2D eigenvalue weighted by molar-refractivity contribution is 5.85. The Morgan fingerprint density at radius 3 is 2.57 bits per heavy atom. The van der Waals surface area contributed by atoms with Crippen LogP contribution in [-0.4, -0.2) is 48.2 Å². The summed E-state index contributed by atoms with van der Waals surface area (Å²) >= 11 is 0. The van der Waals surface area contributed by atoms with Crippen molar-refractivity contribution in [1.82, 2.24) is 4.98 Å². The van der Waals surface area contributed by atoms with Crippen LogP contribution < -0.4 is 9.64 Å². The van der Waals surface area contributed by atoms with E-state index in [0.29, 0.717) is 23.4 Å². The lowest BCUT2D eigenvalue weighted by Gasteiger charge is -2.31. The molecule has 6 nitrogen and oxygen atoms in total. The van der Waals surface area contributed by atoms with Gasteiger partial charge in [-0.2, -0.15) is 0 Å². The van der Waals surface area contributed by atoms with Gasteiger partial charge in [-0.15, -0.1) is 0 Å². The van der Waals surface area contributed by atoms with Crippen molar-refractivity contribution in [2.45, 2.75) is 38.8 Å². The van der Waals surface area contributed by atoms with Crippen molar-refractivity contribution in [1.29, 1.82) is 0 Å². The SMILES string of the molecule is COc1ccc([C@H](CN=Cc2c(CO)cnc(C)c2O)[NH+]2CCCCC2)cc1. The van der Waals surface area contributed by atoms with Crippen LogP contribution in [0.1, 0.15) is 47.7 Å². The second kappa shape index (κ2) is 9.66. The van der Waals surface area contributed by atoms with E-state index in [1.165, 1.54) is 24.8 Å². The summed E-state index contributed by atoms with van der Waals surface area (Å²) in [6, 6.07) is 8.49. The van der Waals surface area contributed by atoms with Crippen molar-refractivity contribution in [3.05, 3.63) is 52.8 Å². The summed E-state index contributed by atoms with van der Waals surface area (Å²) in [4.78, 5) is 10.3. The number of piperidine rings is 1. The smallest absolute Gasteiger partial charge is 0.145 e. The van der Waals surface area contributed by atoms with Crippen molar-refractivity contribution in [3.8, 4) is 11.5 Å². The van der Waals surface area contributed by atoms with E-state index in [4.69, 9.17) is 4.74 Å². The number of hydrogen-bond donors (Lipinski definition) is 3. The number of benzene rings is 1. The highest BCUT2D eigenvalue weighted by Gasteiger charge is 2.25. The molecule has 6 heteroatoms. The normalized spacial score (nSPS) is 16.4. The van der Waals surface area contributed by atoms with Gasteiger partial charge in [-0.05, 0) is 50.5 Å². The van der Waals surface area contributed by atoms with E-state index in [1.807, 2.05) is 12.1 Å². The van der Waals surface area contributed by atoms with Crippen LogP contribution in [0.15, 0.2) is 35.5 Å². The number of aromatic hydroxyl groups is 1. The molecule has 1 atom stereocenters. The van der Waals surface area contributed by atoms with Crippen molar-refractivity contribution in [3.63, 3.8) is 0 Å². The van der Waals surface area contributed by atoms with Gasteiger partial charge in [-0.25, -0.2) is 0 Å². The number of aliphatic imine (C=N–C) groups is 1. The number of aliphatic hydroxyl groups is 1.